The number of ether oxygens (including phenoxy) is 1. The van der Waals surface area contributed by atoms with Crippen LogP contribution in [0.15, 0.2) is 48.5 Å². The quantitative estimate of drug-likeness (QED) is 0.385. The van der Waals surface area contributed by atoms with Gasteiger partial charge >= 0.3 is 12.1 Å². The minimum absolute atomic E-state index is 0.0423. The standard InChI is InChI=1S/C28H36N2O5/c1-3-5-16-25(27(33)30(4-2)18-11-10-17-26(31)32)29-28(34)35-19-24-22-14-8-6-12-20(22)21-13-7-9-15-23(21)24/h6-9,12-15,24-25H,3-5,10-11,16-19H2,1-2H3,(H,29,34)(H,31,32). The van der Waals surface area contributed by atoms with Crippen molar-refractivity contribution in [2.24, 2.45) is 0 Å². The largest absolute Gasteiger partial charge is 0.481 e. The van der Waals surface area contributed by atoms with Gasteiger partial charge < -0.3 is 20.1 Å². The lowest BCUT2D eigenvalue weighted by atomic mass is 9.98. The molecule has 0 aromatic heterocycles. The first-order valence-electron chi connectivity index (χ1n) is 12.6. The van der Waals surface area contributed by atoms with E-state index in [4.69, 9.17) is 9.84 Å². The predicted octanol–water partition coefficient (Wildman–Crippen LogP) is 5.19. The van der Waals surface area contributed by atoms with Gasteiger partial charge in [-0.2, -0.15) is 0 Å². The number of carbonyl (C=O) groups is 3. The third-order valence-corrected chi connectivity index (χ3v) is 6.54. The fraction of sp³-hybridized carbons (Fsp3) is 0.464. The molecule has 1 aliphatic rings. The van der Waals surface area contributed by atoms with E-state index in [1.807, 2.05) is 38.1 Å². The van der Waals surface area contributed by atoms with E-state index >= 15 is 0 Å². The lowest BCUT2D eigenvalue weighted by Gasteiger charge is -2.27. The highest BCUT2D eigenvalue weighted by atomic mass is 16.5. The Balaban J connectivity index is 1.61. The summed E-state index contributed by atoms with van der Waals surface area (Å²) in [6.45, 7) is 5.09. The molecule has 0 saturated carbocycles. The molecular formula is C28H36N2O5. The average Bonchev–Trinajstić information content (AvgIpc) is 3.18. The highest BCUT2D eigenvalue weighted by Crippen LogP contribution is 2.44. The van der Waals surface area contributed by atoms with Crippen LogP contribution in [0.1, 0.15) is 69.4 Å². The molecule has 7 heteroatoms. The van der Waals surface area contributed by atoms with Crippen molar-refractivity contribution in [1.82, 2.24) is 10.2 Å². The fourth-order valence-corrected chi connectivity index (χ4v) is 4.67. The van der Waals surface area contributed by atoms with Gasteiger partial charge in [-0.15, -0.1) is 0 Å². The summed E-state index contributed by atoms with van der Waals surface area (Å²) in [5.41, 5.74) is 4.60. The summed E-state index contributed by atoms with van der Waals surface area (Å²) in [7, 11) is 0. The van der Waals surface area contributed by atoms with E-state index in [9.17, 15) is 14.4 Å². The first-order valence-corrected chi connectivity index (χ1v) is 12.6. The lowest BCUT2D eigenvalue weighted by Crippen LogP contribution is -2.49. The number of carboxylic acid groups (broad SMARTS) is 1. The number of carbonyl (C=O) groups excluding carboxylic acids is 2. The van der Waals surface area contributed by atoms with E-state index in [2.05, 4.69) is 29.6 Å². The molecule has 1 atom stereocenters. The number of benzene rings is 2. The normalized spacial score (nSPS) is 13.0. The summed E-state index contributed by atoms with van der Waals surface area (Å²) in [4.78, 5) is 38.4. The molecule has 0 radical (unpaired) electrons. The number of hydrogen-bond acceptors (Lipinski definition) is 4. The Hall–Kier alpha value is -3.35. The smallest absolute Gasteiger partial charge is 0.407 e. The van der Waals surface area contributed by atoms with Crippen LogP contribution in [0.25, 0.3) is 11.1 Å². The van der Waals surface area contributed by atoms with E-state index in [-0.39, 0.29) is 24.9 Å². The highest BCUT2D eigenvalue weighted by molar-refractivity contribution is 5.86. The lowest BCUT2D eigenvalue weighted by molar-refractivity contribution is -0.137. The third kappa shape index (κ3) is 6.84. The Morgan fingerprint density at radius 1 is 0.971 bits per heavy atom. The van der Waals surface area contributed by atoms with Gasteiger partial charge in [0.2, 0.25) is 5.91 Å². The van der Waals surface area contributed by atoms with Gasteiger partial charge in [0.05, 0.1) is 0 Å². The summed E-state index contributed by atoms with van der Waals surface area (Å²) in [5, 5.41) is 11.6. The van der Waals surface area contributed by atoms with E-state index < -0.39 is 18.1 Å². The molecule has 3 rings (SSSR count). The second-order valence-electron chi connectivity index (χ2n) is 8.93. The van der Waals surface area contributed by atoms with E-state index in [0.717, 1.165) is 35.1 Å². The monoisotopic (exact) mass is 480 g/mol. The van der Waals surface area contributed by atoms with Gasteiger partial charge in [-0.25, -0.2) is 4.79 Å². The maximum absolute atomic E-state index is 13.2. The van der Waals surface area contributed by atoms with Crippen LogP contribution in [-0.2, 0) is 14.3 Å². The van der Waals surface area contributed by atoms with Crippen LogP contribution >= 0.6 is 0 Å². The number of fused-ring (bicyclic) bond motifs is 3. The van der Waals surface area contributed by atoms with Crippen molar-refractivity contribution in [3.05, 3.63) is 59.7 Å². The van der Waals surface area contributed by atoms with Crippen LogP contribution in [0.5, 0.6) is 0 Å². The zero-order chi connectivity index (χ0) is 25.2. The van der Waals surface area contributed by atoms with Gasteiger partial charge in [0.15, 0.2) is 0 Å². The van der Waals surface area contributed by atoms with Crippen molar-refractivity contribution in [2.45, 2.75) is 64.3 Å². The molecule has 0 spiro atoms. The van der Waals surface area contributed by atoms with Gasteiger partial charge in [-0.3, -0.25) is 9.59 Å². The zero-order valence-electron chi connectivity index (χ0n) is 20.7. The van der Waals surface area contributed by atoms with Crippen LogP contribution in [0.4, 0.5) is 4.79 Å². The first kappa shape index (κ1) is 26.3. The van der Waals surface area contributed by atoms with Gasteiger partial charge in [-0.1, -0.05) is 68.3 Å². The molecule has 188 valence electrons. The minimum atomic E-state index is -0.836. The van der Waals surface area contributed by atoms with Crippen molar-refractivity contribution >= 4 is 18.0 Å². The molecule has 0 bridgehead atoms. The third-order valence-electron chi connectivity index (χ3n) is 6.54. The zero-order valence-corrected chi connectivity index (χ0v) is 20.7. The number of carboxylic acids is 1. The van der Waals surface area contributed by atoms with E-state index in [0.29, 0.717) is 32.4 Å². The predicted molar refractivity (Wildman–Crippen MR) is 135 cm³/mol. The Labute approximate surface area is 207 Å². The van der Waals surface area contributed by atoms with Crippen LogP contribution in [0, 0.1) is 0 Å². The van der Waals surface area contributed by atoms with E-state index in [1.165, 1.54) is 0 Å². The Morgan fingerprint density at radius 3 is 2.17 bits per heavy atom. The van der Waals surface area contributed by atoms with Crippen LogP contribution in [0.2, 0.25) is 0 Å². The van der Waals surface area contributed by atoms with Gasteiger partial charge in [-0.05, 0) is 48.4 Å². The van der Waals surface area contributed by atoms with Crippen molar-refractivity contribution < 1.29 is 24.2 Å². The first-order chi connectivity index (χ1) is 17.0. The summed E-state index contributed by atoms with van der Waals surface area (Å²) >= 11 is 0. The van der Waals surface area contributed by atoms with Crippen LogP contribution in [0.3, 0.4) is 0 Å². The molecule has 0 heterocycles. The molecule has 1 unspecified atom stereocenters. The topological polar surface area (TPSA) is 95.9 Å². The number of nitrogens with one attached hydrogen (secondary N) is 1. The van der Waals surface area contributed by atoms with Crippen molar-refractivity contribution in [3.8, 4) is 11.1 Å². The Morgan fingerprint density at radius 2 is 1.60 bits per heavy atom. The molecule has 0 aliphatic heterocycles. The van der Waals surface area contributed by atoms with Crippen LogP contribution < -0.4 is 5.32 Å². The van der Waals surface area contributed by atoms with Crippen molar-refractivity contribution in [1.29, 1.82) is 0 Å². The average molecular weight is 481 g/mol. The van der Waals surface area contributed by atoms with Gasteiger partial charge in [0.25, 0.3) is 0 Å². The fourth-order valence-electron chi connectivity index (χ4n) is 4.67. The Bertz CT molecular complexity index is 976. The highest BCUT2D eigenvalue weighted by Gasteiger charge is 2.30. The maximum atomic E-state index is 13.2. The SMILES string of the molecule is CCCCC(NC(=O)OCC1c2ccccc2-c2ccccc21)C(=O)N(CC)CCCCC(=O)O. The molecule has 35 heavy (non-hydrogen) atoms. The summed E-state index contributed by atoms with van der Waals surface area (Å²) < 4.78 is 5.65. The number of aliphatic carboxylic acids is 1. The number of unbranched alkanes of at least 4 members (excludes halogenated alkanes) is 2. The molecule has 0 saturated heterocycles. The second kappa shape index (κ2) is 12.9. The van der Waals surface area contributed by atoms with E-state index in [1.54, 1.807) is 4.90 Å². The number of nitrogens with zero attached hydrogens (tertiary/aromatic N) is 1. The minimum Gasteiger partial charge on any atom is -0.481 e. The Kier molecular flexibility index (Phi) is 9.70. The number of hydrogen-bond donors (Lipinski definition) is 2. The maximum Gasteiger partial charge on any atom is 0.407 e. The van der Waals surface area contributed by atoms with Crippen molar-refractivity contribution in [2.75, 3.05) is 19.7 Å². The molecule has 2 N–H and O–H groups in total. The van der Waals surface area contributed by atoms with Gasteiger partial charge in [0.1, 0.15) is 12.6 Å². The second-order valence-corrected chi connectivity index (χ2v) is 8.93. The number of alkyl carbamates (subject to hydrolysis) is 1. The molecule has 7 nitrogen and oxygen atoms in total. The summed E-state index contributed by atoms with van der Waals surface area (Å²) in [6, 6.07) is 15.7. The molecule has 2 aromatic rings. The molecule has 2 aromatic carbocycles. The molecule has 1 aliphatic carbocycles. The number of rotatable bonds is 13. The van der Waals surface area contributed by atoms with Gasteiger partial charge in [0, 0.05) is 25.4 Å². The summed E-state index contributed by atoms with van der Waals surface area (Å²) in [5.74, 6) is -1.03. The number of amides is 2. The van der Waals surface area contributed by atoms with Crippen LogP contribution in [-0.4, -0.2) is 53.7 Å². The number of likely N-dealkylation sites (N-methyl/N-ethyl adjacent to an activating group) is 1. The molecule has 2 amide bonds. The summed E-state index contributed by atoms with van der Waals surface area (Å²) in [6.07, 6.45) is 2.85. The van der Waals surface area contributed by atoms with Crippen molar-refractivity contribution in [3.63, 3.8) is 0 Å². The molecule has 0 fully saturated rings. The molecular weight excluding hydrogens is 444 g/mol.